The molecule has 1 fully saturated rings. The molecule has 0 amide bonds. The lowest BCUT2D eigenvalue weighted by Gasteiger charge is -2.45. The topological polar surface area (TPSA) is 55.8 Å². The van der Waals surface area contributed by atoms with Crippen LogP contribution in [0, 0.1) is 0 Å². The molecule has 0 unspecified atom stereocenters. The Kier molecular flexibility index (Phi) is 3.39. The molecule has 0 radical (unpaired) electrons. The van der Waals surface area contributed by atoms with E-state index < -0.39 is 10.0 Å². The van der Waals surface area contributed by atoms with Crippen molar-refractivity contribution in [2.24, 2.45) is 0 Å². The number of fused-ring (bicyclic) bond motifs is 3. The fraction of sp³-hybridized carbons (Fsp3) is 0.647. The van der Waals surface area contributed by atoms with Crippen LogP contribution < -0.4 is 9.47 Å². The first-order chi connectivity index (χ1) is 10.9. The second-order valence-corrected chi connectivity index (χ2v) is 8.99. The highest BCUT2D eigenvalue weighted by atomic mass is 32.2. The zero-order chi connectivity index (χ0) is 16.2. The van der Waals surface area contributed by atoms with E-state index in [4.69, 9.17) is 9.47 Å². The van der Waals surface area contributed by atoms with Crippen molar-refractivity contribution in [3.63, 3.8) is 0 Å². The normalized spacial score (nSPS) is 26.3. The van der Waals surface area contributed by atoms with Gasteiger partial charge < -0.3 is 9.47 Å². The van der Waals surface area contributed by atoms with E-state index in [0.29, 0.717) is 19.8 Å². The van der Waals surface area contributed by atoms with Crippen LogP contribution >= 0.6 is 0 Å². The third-order valence-corrected chi connectivity index (χ3v) is 6.91. The van der Waals surface area contributed by atoms with E-state index in [2.05, 4.69) is 6.07 Å². The zero-order valence-electron chi connectivity index (χ0n) is 13.7. The van der Waals surface area contributed by atoms with Crippen molar-refractivity contribution >= 4 is 10.0 Å². The molecule has 1 atom stereocenters. The monoisotopic (exact) mass is 337 g/mol. The van der Waals surface area contributed by atoms with Crippen LogP contribution in [0.3, 0.4) is 0 Å². The standard InChI is InChI=1S/C17H23NO4S/c1-12-13-9-15-16(22-8-7-21-15)10-14(13)17(5-3-4-6-17)11-18(12)23(2,19)20/h9-10,12H,3-8,11H2,1-2H3/t12-/m1/s1. The SMILES string of the molecule is C[C@@H]1c2cc3c(cc2C2(CCCC2)CN1S(C)(=O)=O)OCCO3. The third kappa shape index (κ3) is 2.34. The Morgan fingerprint density at radius 3 is 2.35 bits per heavy atom. The average Bonchev–Trinajstić information content (AvgIpc) is 2.98. The summed E-state index contributed by atoms with van der Waals surface area (Å²) in [4.78, 5) is 0. The van der Waals surface area contributed by atoms with E-state index >= 15 is 0 Å². The molecule has 1 saturated carbocycles. The van der Waals surface area contributed by atoms with Gasteiger partial charge in [0.1, 0.15) is 13.2 Å². The van der Waals surface area contributed by atoms with Gasteiger partial charge in [0.15, 0.2) is 11.5 Å². The van der Waals surface area contributed by atoms with E-state index in [-0.39, 0.29) is 11.5 Å². The summed E-state index contributed by atoms with van der Waals surface area (Å²) in [7, 11) is -3.24. The van der Waals surface area contributed by atoms with Crippen LogP contribution in [-0.2, 0) is 15.4 Å². The lowest BCUT2D eigenvalue weighted by molar-refractivity contribution is 0.168. The minimum Gasteiger partial charge on any atom is -0.486 e. The smallest absolute Gasteiger partial charge is 0.211 e. The molecule has 5 nitrogen and oxygen atoms in total. The Hall–Kier alpha value is -1.27. The molecule has 2 aliphatic heterocycles. The maximum Gasteiger partial charge on any atom is 0.211 e. The second kappa shape index (κ2) is 5.11. The summed E-state index contributed by atoms with van der Waals surface area (Å²) in [5.74, 6) is 1.55. The molecular formula is C17H23NO4S. The van der Waals surface area contributed by atoms with Crippen LogP contribution in [-0.4, -0.2) is 38.7 Å². The first-order valence-corrected chi connectivity index (χ1v) is 10.2. The fourth-order valence-corrected chi connectivity index (χ4v) is 5.64. The molecule has 0 bridgehead atoms. The van der Waals surface area contributed by atoms with Crippen molar-refractivity contribution in [2.75, 3.05) is 26.0 Å². The Bertz CT molecular complexity index is 737. The van der Waals surface area contributed by atoms with E-state index in [0.717, 1.165) is 42.7 Å². The third-order valence-electron chi connectivity index (χ3n) is 5.61. The molecule has 2 heterocycles. The maximum absolute atomic E-state index is 12.3. The van der Waals surface area contributed by atoms with Crippen LogP contribution in [0.2, 0.25) is 0 Å². The van der Waals surface area contributed by atoms with Crippen molar-refractivity contribution < 1.29 is 17.9 Å². The van der Waals surface area contributed by atoms with Crippen molar-refractivity contribution in [1.82, 2.24) is 4.31 Å². The van der Waals surface area contributed by atoms with E-state index in [9.17, 15) is 8.42 Å². The van der Waals surface area contributed by atoms with Crippen molar-refractivity contribution in [2.45, 2.75) is 44.1 Å². The van der Waals surface area contributed by atoms with Gasteiger partial charge in [0.2, 0.25) is 10.0 Å². The summed E-state index contributed by atoms with van der Waals surface area (Å²) >= 11 is 0. The fourth-order valence-electron chi connectivity index (χ4n) is 4.47. The Morgan fingerprint density at radius 2 is 1.74 bits per heavy atom. The molecule has 1 aromatic carbocycles. The second-order valence-electron chi connectivity index (χ2n) is 7.05. The Balaban J connectivity index is 1.90. The number of ether oxygens (including phenoxy) is 2. The van der Waals surface area contributed by atoms with Gasteiger partial charge in [-0.15, -0.1) is 0 Å². The molecular weight excluding hydrogens is 314 g/mol. The molecule has 3 aliphatic rings. The van der Waals surface area contributed by atoms with Crippen molar-refractivity contribution in [3.8, 4) is 11.5 Å². The predicted octanol–water partition coefficient (Wildman–Crippen LogP) is 2.61. The molecule has 1 aromatic rings. The quantitative estimate of drug-likeness (QED) is 0.790. The average molecular weight is 337 g/mol. The number of nitrogens with zero attached hydrogens (tertiary/aromatic N) is 1. The van der Waals surface area contributed by atoms with Crippen LogP contribution in [0.1, 0.15) is 49.8 Å². The zero-order valence-corrected chi connectivity index (χ0v) is 14.5. The lowest BCUT2D eigenvalue weighted by Crippen LogP contribution is -2.48. The van der Waals surface area contributed by atoms with Crippen molar-refractivity contribution in [3.05, 3.63) is 23.3 Å². The predicted molar refractivity (Wildman–Crippen MR) is 87.5 cm³/mol. The van der Waals surface area contributed by atoms with E-state index in [1.54, 1.807) is 4.31 Å². The highest BCUT2D eigenvalue weighted by Crippen LogP contribution is 2.52. The summed E-state index contributed by atoms with van der Waals surface area (Å²) in [6.45, 7) is 3.67. The lowest BCUT2D eigenvalue weighted by atomic mass is 9.72. The Labute approximate surface area is 137 Å². The molecule has 0 aromatic heterocycles. The van der Waals surface area contributed by atoms with Crippen LogP contribution in [0.15, 0.2) is 12.1 Å². The summed E-state index contributed by atoms with van der Waals surface area (Å²) in [5, 5.41) is 0. The van der Waals surface area contributed by atoms with Gasteiger partial charge in [-0.25, -0.2) is 8.42 Å². The maximum atomic E-state index is 12.3. The number of hydrogen-bond donors (Lipinski definition) is 0. The number of sulfonamides is 1. The van der Waals surface area contributed by atoms with Crippen LogP contribution in [0.5, 0.6) is 11.5 Å². The molecule has 4 rings (SSSR count). The summed E-state index contributed by atoms with van der Waals surface area (Å²) in [6.07, 6.45) is 5.70. The highest BCUT2D eigenvalue weighted by molar-refractivity contribution is 7.88. The molecule has 0 N–H and O–H groups in total. The largest absolute Gasteiger partial charge is 0.486 e. The van der Waals surface area contributed by atoms with Gasteiger partial charge in [-0.2, -0.15) is 4.31 Å². The van der Waals surface area contributed by atoms with Gasteiger partial charge in [0.05, 0.1) is 6.26 Å². The first kappa shape index (κ1) is 15.3. The molecule has 1 aliphatic carbocycles. The molecule has 126 valence electrons. The number of hydrogen-bond acceptors (Lipinski definition) is 4. The van der Waals surface area contributed by atoms with Gasteiger partial charge in [-0.1, -0.05) is 12.8 Å². The minimum absolute atomic E-state index is 0.0687. The Morgan fingerprint density at radius 1 is 1.13 bits per heavy atom. The summed E-state index contributed by atoms with van der Waals surface area (Å²) in [6, 6.07) is 3.96. The highest BCUT2D eigenvalue weighted by Gasteiger charge is 2.47. The molecule has 1 spiro atoms. The molecule has 6 heteroatoms. The van der Waals surface area contributed by atoms with Gasteiger partial charge >= 0.3 is 0 Å². The number of benzene rings is 1. The first-order valence-electron chi connectivity index (χ1n) is 8.32. The van der Waals surface area contributed by atoms with Gasteiger partial charge in [0.25, 0.3) is 0 Å². The van der Waals surface area contributed by atoms with Gasteiger partial charge in [0, 0.05) is 18.0 Å². The minimum atomic E-state index is -3.24. The number of rotatable bonds is 1. The summed E-state index contributed by atoms with van der Waals surface area (Å²) in [5.41, 5.74) is 2.28. The van der Waals surface area contributed by atoms with Gasteiger partial charge in [-0.3, -0.25) is 0 Å². The van der Waals surface area contributed by atoms with Crippen molar-refractivity contribution in [1.29, 1.82) is 0 Å². The van der Waals surface area contributed by atoms with E-state index in [1.165, 1.54) is 11.8 Å². The van der Waals surface area contributed by atoms with Crippen LogP contribution in [0.25, 0.3) is 0 Å². The van der Waals surface area contributed by atoms with Gasteiger partial charge in [-0.05, 0) is 43.0 Å². The van der Waals surface area contributed by atoms with Crippen LogP contribution in [0.4, 0.5) is 0 Å². The molecule has 0 saturated heterocycles. The molecule has 23 heavy (non-hydrogen) atoms. The summed E-state index contributed by atoms with van der Waals surface area (Å²) < 4.78 is 37.8. The van der Waals surface area contributed by atoms with E-state index in [1.807, 2.05) is 13.0 Å².